The van der Waals surface area contributed by atoms with Crippen LogP contribution in [0.3, 0.4) is 0 Å². The zero-order valence-electron chi connectivity index (χ0n) is 10.7. The molecule has 1 aromatic carbocycles. The lowest BCUT2D eigenvalue weighted by Gasteiger charge is -2.18. The Morgan fingerprint density at radius 1 is 1.21 bits per heavy atom. The van der Waals surface area contributed by atoms with Crippen molar-refractivity contribution in [3.63, 3.8) is 0 Å². The first-order valence-corrected chi connectivity index (χ1v) is 6.64. The first-order valence-electron chi connectivity index (χ1n) is 6.64. The second-order valence-electron chi connectivity index (χ2n) is 4.70. The summed E-state index contributed by atoms with van der Waals surface area (Å²) < 4.78 is 1.78. The highest BCUT2D eigenvalue weighted by molar-refractivity contribution is 5.30. The molecule has 5 heteroatoms. The fourth-order valence-electron chi connectivity index (χ4n) is 2.30. The van der Waals surface area contributed by atoms with Gasteiger partial charge in [0.2, 0.25) is 0 Å². The van der Waals surface area contributed by atoms with Gasteiger partial charge in [-0.25, -0.2) is 0 Å². The molecule has 98 valence electrons. The molecule has 0 bridgehead atoms. The molecule has 1 aliphatic rings. The van der Waals surface area contributed by atoms with Crippen molar-refractivity contribution in [1.29, 1.82) is 0 Å². The Labute approximate surface area is 112 Å². The maximum atomic E-state index is 4.10. The molecule has 0 radical (unpaired) electrons. The van der Waals surface area contributed by atoms with Gasteiger partial charge in [0.25, 0.3) is 0 Å². The van der Waals surface area contributed by atoms with Crippen molar-refractivity contribution < 1.29 is 0 Å². The molecule has 19 heavy (non-hydrogen) atoms. The van der Waals surface area contributed by atoms with Crippen LogP contribution < -0.4 is 5.32 Å². The summed E-state index contributed by atoms with van der Waals surface area (Å²) in [4.78, 5) is 0. The van der Waals surface area contributed by atoms with E-state index in [1.54, 1.807) is 4.68 Å². The van der Waals surface area contributed by atoms with Crippen LogP contribution in [0.5, 0.6) is 0 Å². The van der Waals surface area contributed by atoms with Gasteiger partial charge >= 0.3 is 0 Å². The van der Waals surface area contributed by atoms with Crippen LogP contribution in [0.1, 0.15) is 25.1 Å². The summed E-state index contributed by atoms with van der Waals surface area (Å²) >= 11 is 0. The van der Waals surface area contributed by atoms with Crippen LogP contribution in [0.15, 0.2) is 42.5 Å². The minimum atomic E-state index is 0.533. The van der Waals surface area contributed by atoms with Crippen LogP contribution >= 0.6 is 0 Å². The summed E-state index contributed by atoms with van der Waals surface area (Å²) in [6, 6.07) is 10.5. The van der Waals surface area contributed by atoms with Gasteiger partial charge in [-0.05, 0) is 41.8 Å². The second kappa shape index (κ2) is 5.75. The second-order valence-corrected chi connectivity index (χ2v) is 4.70. The summed E-state index contributed by atoms with van der Waals surface area (Å²) in [6.45, 7) is 0.695. The monoisotopic (exact) mass is 255 g/mol. The van der Waals surface area contributed by atoms with E-state index in [2.05, 4.69) is 33.0 Å². The summed E-state index contributed by atoms with van der Waals surface area (Å²) in [6.07, 6.45) is 7.91. The number of nitrogens with one attached hydrogen (secondary N) is 1. The van der Waals surface area contributed by atoms with Gasteiger partial charge in [0, 0.05) is 6.04 Å². The molecule has 1 heterocycles. The average Bonchev–Trinajstić information content (AvgIpc) is 2.95. The zero-order valence-corrected chi connectivity index (χ0v) is 10.7. The standard InChI is InChI=1S/C14H17N5/c1-3-7-12(8-4-1)15-11-14-16-17-18-19(14)13-9-5-2-6-10-13/h1-3,5-6,9-10,12,15H,4,7-8,11H2. The van der Waals surface area contributed by atoms with Crippen molar-refractivity contribution in [2.24, 2.45) is 0 Å². The fourth-order valence-corrected chi connectivity index (χ4v) is 2.30. The quantitative estimate of drug-likeness (QED) is 0.847. The maximum absolute atomic E-state index is 4.10. The molecule has 0 aliphatic heterocycles. The summed E-state index contributed by atoms with van der Waals surface area (Å²) in [7, 11) is 0. The molecule has 0 saturated heterocycles. The van der Waals surface area contributed by atoms with Gasteiger partial charge in [-0.2, -0.15) is 4.68 Å². The lowest BCUT2D eigenvalue weighted by atomic mass is 10.0. The smallest absolute Gasteiger partial charge is 0.170 e. The van der Waals surface area contributed by atoms with Crippen molar-refractivity contribution >= 4 is 0 Å². The van der Waals surface area contributed by atoms with Crippen LogP contribution in [0.2, 0.25) is 0 Å². The van der Waals surface area contributed by atoms with Crippen molar-refractivity contribution in [1.82, 2.24) is 25.5 Å². The third kappa shape index (κ3) is 2.88. The van der Waals surface area contributed by atoms with Crippen LogP contribution in [-0.2, 0) is 6.54 Å². The Morgan fingerprint density at radius 3 is 2.89 bits per heavy atom. The molecule has 1 aromatic heterocycles. The van der Waals surface area contributed by atoms with Crippen LogP contribution in [0.4, 0.5) is 0 Å². The van der Waals surface area contributed by atoms with Gasteiger partial charge in [0.05, 0.1) is 12.2 Å². The van der Waals surface area contributed by atoms with E-state index in [0.717, 1.165) is 24.4 Å². The van der Waals surface area contributed by atoms with Gasteiger partial charge in [-0.3, -0.25) is 0 Å². The number of hydrogen-bond donors (Lipinski definition) is 1. The Morgan fingerprint density at radius 2 is 2.11 bits per heavy atom. The van der Waals surface area contributed by atoms with E-state index < -0.39 is 0 Å². The maximum Gasteiger partial charge on any atom is 0.170 e. The summed E-state index contributed by atoms with van der Waals surface area (Å²) in [5.41, 5.74) is 0.993. The molecule has 1 N–H and O–H groups in total. The number of rotatable bonds is 4. The molecular weight excluding hydrogens is 238 g/mol. The average molecular weight is 255 g/mol. The number of tetrazole rings is 1. The van der Waals surface area contributed by atoms with Gasteiger partial charge < -0.3 is 5.32 Å². The number of benzene rings is 1. The van der Waals surface area contributed by atoms with Gasteiger partial charge in [-0.1, -0.05) is 30.4 Å². The van der Waals surface area contributed by atoms with Gasteiger partial charge in [-0.15, -0.1) is 5.10 Å². The molecular formula is C14H17N5. The Balaban J connectivity index is 1.69. The summed E-state index contributed by atoms with van der Waals surface area (Å²) in [5, 5.41) is 15.4. The van der Waals surface area contributed by atoms with E-state index >= 15 is 0 Å². The largest absolute Gasteiger partial charge is 0.307 e. The van der Waals surface area contributed by atoms with Crippen molar-refractivity contribution in [2.45, 2.75) is 31.8 Å². The molecule has 1 atom stereocenters. The first kappa shape index (κ1) is 12.0. The van der Waals surface area contributed by atoms with Crippen molar-refractivity contribution in [3.05, 3.63) is 48.3 Å². The fraction of sp³-hybridized carbons (Fsp3) is 0.357. The first-order chi connectivity index (χ1) is 9.43. The van der Waals surface area contributed by atoms with E-state index in [-0.39, 0.29) is 0 Å². The molecule has 0 spiro atoms. The molecule has 3 rings (SSSR count). The SMILES string of the molecule is C1=CCC(NCc2nnnn2-c2ccccc2)CC1. The van der Waals surface area contributed by atoms with E-state index in [1.165, 1.54) is 6.42 Å². The van der Waals surface area contributed by atoms with E-state index in [0.29, 0.717) is 12.6 Å². The Hall–Kier alpha value is -2.01. The van der Waals surface area contributed by atoms with Crippen molar-refractivity contribution in [2.75, 3.05) is 0 Å². The number of aromatic nitrogens is 4. The van der Waals surface area contributed by atoms with Crippen LogP contribution in [0.25, 0.3) is 5.69 Å². The minimum absolute atomic E-state index is 0.533. The van der Waals surface area contributed by atoms with E-state index in [9.17, 15) is 0 Å². The molecule has 0 saturated carbocycles. The van der Waals surface area contributed by atoms with Crippen LogP contribution in [0, 0.1) is 0 Å². The number of para-hydroxylation sites is 1. The predicted molar refractivity (Wildman–Crippen MR) is 72.8 cm³/mol. The molecule has 0 amide bonds. The molecule has 5 nitrogen and oxygen atoms in total. The Bertz CT molecular complexity index is 546. The Kier molecular flexibility index (Phi) is 3.65. The van der Waals surface area contributed by atoms with E-state index in [4.69, 9.17) is 0 Å². The highest BCUT2D eigenvalue weighted by atomic mass is 15.5. The lowest BCUT2D eigenvalue weighted by molar-refractivity contribution is 0.463. The number of allylic oxidation sites excluding steroid dienone is 1. The minimum Gasteiger partial charge on any atom is -0.307 e. The number of hydrogen-bond acceptors (Lipinski definition) is 4. The number of nitrogens with zero attached hydrogens (tertiary/aromatic N) is 4. The highest BCUT2D eigenvalue weighted by Crippen LogP contribution is 2.12. The van der Waals surface area contributed by atoms with Crippen LogP contribution in [-0.4, -0.2) is 26.2 Å². The third-order valence-corrected chi connectivity index (χ3v) is 3.35. The lowest BCUT2D eigenvalue weighted by Crippen LogP contribution is -2.30. The molecule has 1 aliphatic carbocycles. The van der Waals surface area contributed by atoms with Gasteiger partial charge in [0.15, 0.2) is 5.82 Å². The van der Waals surface area contributed by atoms with E-state index in [1.807, 2.05) is 30.3 Å². The zero-order chi connectivity index (χ0) is 12.9. The topological polar surface area (TPSA) is 55.6 Å². The highest BCUT2D eigenvalue weighted by Gasteiger charge is 2.12. The van der Waals surface area contributed by atoms with Gasteiger partial charge in [0.1, 0.15) is 0 Å². The van der Waals surface area contributed by atoms with Crippen molar-refractivity contribution in [3.8, 4) is 5.69 Å². The normalized spacial score (nSPS) is 18.6. The summed E-state index contributed by atoms with van der Waals surface area (Å²) in [5.74, 6) is 0.848. The molecule has 0 fully saturated rings. The molecule has 2 aromatic rings. The third-order valence-electron chi connectivity index (χ3n) is 3.35. The predicted octanol–water partition coefficient (Wildman–Crippen LogP) is 1.86. The molecule has 1 unspecified atom stereocenters.